The van der Waals surface area contributed by atoms with E-state index in [0.717, 1.165) is 38.6 Å². The summed E-state index contributed by atoms with van der Waals surface area (Å²) in [6, 6.07) is 0.402. The van der Waals surface area contributed by atoms with Gasteiger partial charge in [-0.05, 0) is 26.2 Å². The average molecular weight is 242 g/mol. The van der Waals surface area contributed by atoms with Crippen LogP contribution in [0.25, 0.3) is 0 Å². The first-order valence-electron chi connectivity index (χ1n) is 6.41. The second-order valence-corrected chi connectivity index (χ2v) is 4.51. The van der Waals surface area contributed by atoms with E-state index in [-0.39, 0.29) is 11.8 Å². The van der Waals surface area contributed by atoms with Crippen molar-refractivity contribution in [3.05, 3.63) is 0 Å². The Balaban J connectivity index is 2.10. The molecular weight excluding hydrogens is 220 g/mol. The van der Waals surface area contributed by atoms with Crippen LogP contribution in [-0.4, -0.2) is 34.5 Å². The van der Waals surface area contributed by atoms with Gasteiger partial charge in [-0.15, -0.1) is 0 Å². The molecular formula is C12H22N2O3. The number of hydrogen-bond donors (Lipinski definition) is 2. The van der Waals surface area contributed by atoms with Gasteiger partial charge in [0, 0.05) is 25.4 Å². The predicted octanol–water partition coefficient (Wildman–Crippen LogP) is 1.45. The Morgan fingerprint density at radius 1 is 1.47 bits per heavy atom. The molecule has 2 amide bonds. The number of carbonyl (C=O) groups excluding carboxylic acids is 2. The molecule has 98 valence electrons. The van der Waals surface area contributed by atoms with E-state index in [0.29, 0.717) is 18.9 Å². The van der Waals surface area contributed by atoms with Gasteiger partial charge in [-0.1, -0.05) is 12.8 Å². The number of likely N-dealkylation sites (tertiary alicyclic amines) is 1. The van der Waals surface area contributed by atoms with Gasteiger partial charge in [0.15, 0.2) is 0 Å². The van der Waals surface area contributed by atoms with Crippen LogP contribution in [0.3, 0.4) is 0 Å². The number of hydrogen-bond acceptors (Lipinski definition) is 3. The molecule has 5 heteroatoms. The summed E-state index contributed by atoms with van der Waals surface area (Å²) in [4.78, 5) is 24.2. The first-order valence-corrected chi connectivity index (χ1v) is 6.41. The zero-order valence-electron chi connectivity index (χ0n) is 10.4. The Morgan fingerprint density at radius 2 is 2.24 bits per heavy atom. The molecule has 0 aromatic heterocycles. The number of amides is 2. The smallest absolute Gasteiger partial charge is 0.243 e. The Bertz CT molecular complexity index is 268. The van der Waals surface area contributed by atoms with E-state index < -0.39 is 0 Å². The van der Waals surface area contributed by atoms with Crippen LogP contribution in [0.1, 0.15) is 51.9 Å². The summed E-state index contributed by atoms with van der Waals surface area (Å²) < 4.78 is 0. The summed E-state index contributed by atoms with van der Waals surface area (Å²) in [7, 11) is 0. The van der Waals surface area contributed by atoms with Crippen LogP contribution in [0.5, 0.6) is 0 Å². The van der Waals surface area contributed by atoms with Crippen molar-refractivity contribution in [2.45, 2.75) is 57.9 Å². The maximum Gasteiger partial charge on any atom is 0.243 e. The van der Waals surface area contributed by atoms with Crippen molar-refractivity contribution < 1.29 is 14.8 Å². The first-order chi connectivity index (χ1) is 8.19. The molecule has 0 bridgehead atoms. The molecule has 5 nitrogen and oxygen atoms in total. The standard InChI is InChI=1S/C12H22N2O3/c1-2-14-10(8-9-12(14)16)6-4-3-5-7-11(15)13-17/h10,17H,2-9H2,1H3,(H,13,15)/t10-/m1/s1. The van der Waals surface area contributed by atoms with Gasteiger partial charge in [-0.3, -0.25) is 14.8 Å². The van der Waals surface area contributed by atoms with Gasteiger partial charge < -0.3 is 4.90 Å². The van der Waals surface area contributed by atoms with Gasteiger partial charge >= 0.3 is 0 Å². The lowest BCUT2D eigenvalue weighted by Gasteiger charge is -2.23. The van der Waals surface area contributed by atoms with Crippen molar-refractivity contribution in [1.82, 2.24) is 10.4 Å². The molecule has 1 aliphatic heterocycles. The maximum absolute atomic E-state index is 11.5. The third-order valence-electron chi connectivity index (χ3n) is 3.36. The van der Waals surface area contributed by atoms with Crippen LogP contribution < -0.4 is 5.48 Å². The average Bonchev–Trinajstić information content (AvgIpc) is 2.69. The van der Waals surface area contributed by atoms with Crippen LogP contribution >= 0.6 is 0 Å². The molecule has 17 heavy (non-hydrogen) atoms. The lowest BCUT2D eigenvalue weighted by molar-refractivity contribution is -0.129. The number of unbranched alkanes of at least 4 members (excludes halogenated alkanes) is 2. The second kappa shape index (κ2) is 7.27. The van der Waals surface area contributed by atoms with Crippen LogP contribution in [0.2, 0.25) is 0 Å². The summed E-state index contributed by atoms with van der Waals surface area (Å²) in [6.45, 7) is 2.82. The van der Waals surface area contributed by atoms with Crippen LogP contribution in [-0.2, 0) is 9.59 Å². The Labute approximate surface area is 102 Å². The van der Waals surface area contributed by atoms with Crippen LogP contribution in [0, 0.1) is 0 Å². The molecule has 0 aliphatic carbocycles. The monoisotopic (exact) mass is 242 g/mol. The number of nitrogens with zero attached hydrogens (tertiary/aromatic N) is 1. The largest absolute Gasteiger partial charge is 0.340 e. The fourth-order valence-corrected chi connectivity index (χ4v) is 2.43. The number of hydroxylamine groups is 1. The summed E-state index contributed by atoms with van der Waals surface area (Å²) in [5.74, 6) is -0.0478. The Hall–Kier alpha value is -1.10. The zero-order chi connectivity index (χ0) is 12.7. The van der Waals surface area contributed by atoms with E-state index >= 15 is 0 Å². The normalized spacial score (nSPS) is 19.8. The quantitative estimate of drug-likeness (QED) is 0.403. The van der Waals surface area contributed by atoms with Gasteiger partial charge in [0.1, 0.15) is 0 Å². The summed E-state index contributed by atoms with van der Waals surface area (Å²) in [5, 5.41) is 8.32. The van der Waals surface area contributed by atoms with Crippen molar-refractivity contribution in [2.75, 3.05) is 6.54 Å². The highest BCUT2D eigenvalue weighted by Gasteiger charge is 2.28. The fourth-order valence-electron chi connectivity index (χ4n) is 2.43. The third kappa shape index (κ3) is 4.34. The van der Waals surface area contributed by atoms with Crippen molar-refractivity contribution >= 4 is 11.8 Å². The lowest BCUT2D eigenvalue weighted by atomic mass is 10.1. The molecule has 1 saturated heterocycles. The minimum atomic E-state index is -0.323. The lowest BCUT2D eigenvalue weighted by Crippen LogP contribution is -2.32. The topological polar surface area (TPSA) is 69.6 Å². The highest BCUT2D eigenvalue weighted by molar-refractivity contribution is 5.78. The molecule has 0 radical (unpaired) electrons. The van der Waals surface area contributed by atoms with E-state index in [1.54, 1.807) is 5.48 Å². The molecule has 1 heterocycles. The third-order valence-corrected chi connectivity index (χ3v) is 3.36. The second-order valence-electron chi connectivity index (χ2n) is 4.51. The molecule has 1 fully saturated rings. The first kappa shape index (κ1) is 14.0. The minimum Gasteiger partial charge on any atom is -0.340 e. The van der Waals surface area contributed by atoms with Crippen LogP contribution in [0.4, 0.5) is 0 Å². The number of carbonyl (C=O) groups is 2. The van der Waals surface area contributed by atoms with Crippen LogP contribution in [0.15, 0.2) is 0 Å². The highest BCUT2D eigenvalue weighted by Crippen LogP contribution is 2.23. The molecule has 1 rings (SSSR count). The summed E-state index contributed by atoms with van der Waals surface area (Å²) >= 11 is 0. The van der Waals surface area contributed by atoms with E-state index in [9.17, 15) is 9.59 Å². The summed E-state index contributed by atoms with van der Waals surface area (Å²) in [5.41, 5.74) is 1.63. The van der Waals surface area contributed by atoms with Crippen molar-refractivity contribution in [2.24, 2.45) is 0 Å². The SMILES string of the molecule is CCN1C(=O)CC[C@H]1CCCCCC(=O)NO. The van der Waals surface area contributed by atoms with E-state index in [1.807, 2.05) is 11.8 Å². The van der Waals surface area contributed by atoms with Gasteiger partial charge in [0.25, 0.3) is 0 Å². The summed E-state index contributed by atoms with van der Waals surface area (Å²) in [6.07, 6.45) is 5.86. The molecule has 1 aliphatic rings. The predicted molar refractivity (Wildman–Crippen MR) is 63.4 cm³/mol. The van der Waals surface area contributed by atoms with Gasteiger partial charge in [-0.25, -0.2) is 5.48 Å². The Kier molecular flexibility index (Phi) is 5.97. The van der Waals surface area contributed by atoms with E-state index in [1.165, 1.54) is 0 Å². The van der Waals surface area contributed by atoms with E-state index in [4.69, 9.17) is 5.21 Å². The molecule has 1 atom stereocenters. The molecule has 0 unspecified atom stereocenters. The number of nitrogens with one attached hydrogen (secondary N) is 1. The maximum atomic E-state index is 11.5. The molecule has 0 aromatic carbocycles. The molecule has 0 saturated carbocycles. The van der Waals surface area contributed by atoms with Crippen molar-refractivity contribution in [3.63, 3.8) is 0 Å². The zero-order valence-corrected chi connectivity index (χ0v) is 10.4. The van der Waals surface area contributed by atoms with E-state index in [2.05, 4.69) is 0 Å². The van der Waals surface area contributed by atoms with Gasteiger partial charge in [-0.2, -0.15) is 0 Å². The van der Waals surface area contributed by atoms with Crippen molar-refractivity contribution in [3.8, 4) is 0 Å². The number of rotatable bonds is 7. The Morgan fingerprint density at radius 3 is 2.88 bits per heavy atom. The molecule has 0 spiro atoms. The molecule has 2 N–H and O–H groups in total. The van der Waals surface area contributed by atoms with Gasteiger partial charge in [0.2, 0.25) is 11.8 Å². The minimum absolute atomic E-state index is 0.275. The fraction of sp³-hybridized carbons (Fsp3) is 0.833. The van der Waals surface area contributed by atoms with Crippen molar-refractivity contribution in [1.29, 1.82) is 0 Å². The van der Waals surface area contributed by atoms with Gasteiger partial charge in [0.05, 0.1) is 0 Å². The highest BCUT2D eigenvalue weighted by atomic mass is 16.5. The molecule has 0 aromatic rings.